The van der Waals surface area contributed by atoms with E-state index in [1.807, 2.05) is 61.2 Å². The number of furan rings is 1. The third-order valence-corrected chi connectivity index (χ3v) is 4.88. The van der Waals surface area contributed by atoms with Crippen molar-refractivity contribution in [2.24, 2.45) is 0 Å². The van der Waals surface area contributed by atoms with Crippen LogP contribution in [-0.4, -0.2) is 47.0 Å². The molecule has 0 unspecified atom stereocenters. The molecule has 1 aliphatic heterocycles. The average Bonchev–Trinajstić information content (AvgIpc) is 3.06. The Bertz CT molecular complexity index is 944. The highest BCUT2D eigenvalue weighted by Gasteiger charge is 2.25. The number of amides is 1. The molecule has 6 nitrogen and oxygen atoms in total. The summed E-state index contributed by atoms with van der Waals surface area (Å²) in [5.74, 6) is 2.38. The maximum atomic E-state index is 12.7. The van der Waals surface area contributed by atoms with Crippen LogP contribution in [-0.2, 0) is 0 Å². The lowest BCUT2D eigenvalue weighted by atomic mass is 10.1. The van der Waals surface area contributed by atoms with Gasteiger partial charge in [-0.05, 0) is 19.9 Å². The van der Waals surface area contributed by atoms with Gasteiger partial charge in [-0.25, -0.2) is 9.97 Å². The third-order valence-electron chi connectivity index (χ3n) is 4.88. The molecule has 0 bridgehead atoms. The van der Waals surface area contributed by atoms with Gasteiger partial charge in [0.05, 0.1) is 11.3 Å². The first-order valence-electron chi connectivity index (χ1n) is 9.10. The number of carbonyl (C=O) groups is 1. The molecule has 1 fully saturated rings. The monoisotopic (exact) mass is 362 g/mol. The van der Waals surface area contributed by atoms with E-state index in [1.54, 1.807) is 6.33 Å². The molecule has 1 saturated heterocycles. The van der Waals surface area contributed by atoms with Gasteiger partial charge in [0.15, 0.2) is 0 Å². The van der Waals surface area contributed by atoms with Crippen molar-refractivity contribution in [1.29, 1.82) is 0 Å². The Labute approximate surface area is 158 Å². The highest BCUT2D eigenvalue weighted by atomic mass is 16.3. The minimum absolute atomic E-state index is 0.0386. The summed E-state index contributed by atoms with van der Waals surface area (Å²) in [6, 6.07) is 13.9. The maximum Gasteiger partial charge on any atom is 0.257 e. The summed E-state index contributed by atoms with van der Waals surface area (Å²) in [7, 11) is 0. The first kappa shape index (κ1) is 17.3. The number of benzene rings is 1. The molecular weight excluding hydrogens is 340 g/mol. The molecule has 1 aromatic carbocycles. The first-order chi connectivity index (χ1) is 13.1. The lowest BCUT2D eigenvalue weighted by Gasteiger charge is -2.35. The normalized spacial score (nSPS) is 14.4. The number of anilines is 1. The van der Waals surface area contributed by atoms with Gasteiger partial charge in [0.1, 0.15) is 23.7 Å². The van der Waals surface area contributed by atoms with Crippen LogP contribution in [0.3, 0.4) is 0 Å². The number of nitrogens with zero attached hydrogens (tertiary/aromatic N) is 4. The third kappa shape index (κ3) is 3.56. The van der Waals surface area contributed by atoms with E-state index in [9.17, 15) is 4.79 Å². The Morgan fingerprint density at radius 3 is 2.41 bits per heavy atom. The maximum absolute atomic E-state index is 12.7. The second-order valence-corrected chi connectivity index (χ2v) is 6.73. The largest absolute Gasteiger partial charge is 0.466 e. The van der Waals surface area contributed by atoms with Crippen LogP contribution in [0.15, 0.2) is 53.2 Å². The molecule has 0 atom stereocenters. The number of piperazine rings is 1. The average molecular weight is 362 g/mol. The summed E-state index contributed by atoms with van der Waals surface area (Å²) < 4.78 is 5.50. The van der Waals surface area contributed by atoms with Crippen molar-refractivity contribution in [1.82, 2.24) is 14.9 Å². The van der Waals surface area contributed by atoms with Crippen LogP contribution in [0.2, 0.25) is 0 Å². The second-order valence-electron chi connectivity index (χ2n) is 6.73. The minimum atomic E-state index is 0.0386. The van der Waals surface area contributed by atoms with Crippen LogP contribution in [0.4, 0.5) is 5.82 Å². The van der Waals surface area contributed by atoms with Crippen molar-refractivity contribution in [2.45, 2.75) is 13.8 Å². The molecule has 4 rings (SSSR count). The van der Waals surface area contributed by atoms with E-state index in [0.717, 1.165) is 35.9 Å². The van der Waals surface area contributed by atoms with Crippen molar-refractivity contribution < 1.29 is 9.21 Å². The van der Waals surface area contributed by atoms with Gasteiger partial charge in [-0.2, -0.15) is 0 Å². The molecule has 3 aromatic rings. The van der Waals surface area contributed by atoms with E-state index in [2.05, 4.69) is 14.9 Å². The van der Waals surface area contributed by atoms with Crippen LogP contribution in [0.25, 0.3) is 11.3 Å². The summed E-state index contributed by atoms with van der Waals surface area (Å²) in [5, 5.41) is 0. The fourth-order valence-electron chi connectivity index (χ4n) is 3.44. The van der Waals surface area contributed by atoms with Crippen LogP contribution in [0.5, 0.6) is 0 Å². The summed E-state index contributed by atoms with van der Waals surface area (Å²) in [5.41, 5.74) is 2.64. The van der Waals surface area contributed by atoms with Gasteiger partial charge >= 0.3 is 0 Å². The van der Waals surface area contributed by atoms with Crippen molar-refractivity contribution in [3.63, 3.8) is 0 Å². The number of rotatable bonds is 3. The van der Waals surface area contributed by atoms with Crippen LogP contribution < -0.4 is 4.90 Å². The SMILES string of the molecule is Cc1cc(C(=O)N2CCN(c3cc(-c4ccccc4)ncn3)CC2)c(C)o1. The standard InChI is InChI=1S/C21H22N4O2/c1-15-12-18(16(2)27-15)21(26)25-10-8-24(9-11-25)20-13-19(22-14-23-20)17-6-4-3-5-7-17/h3-7,12-14H,8-11H2,1-2H3. The van der Waals surface area contributed by atoms with E-state index < -0.39 is 0 Å². The number of aromatic nitrogens is 2. The van der Waals surface area contributed by atoms with Gasteiger partial charge < -0.3 is 14.2 Å². The van der Waals surface area contributed by atoms with Gasteiger partial charge in [0, 0.05) is 37.8 Å². The van der Waals surface area contributed by atoms with Crippen LogP contribution in [0, 0.1) is 13.8 Å². The van der Waals surface area contributed by atoms with E-state index in [1.165, 1.54) is 0 Å². The van der Waals surface area contributed by atoms with Gasteiger partial charge in [0.25, 0.3) is 5.91 Å². The molecule has 2 aromatic heterocycles. The van der Waals surface area contributed by atoms with E-state index in [0.29, 0.717) is 24.4 Å². The Kier molecular flexibility index (Phi) is 4.62. The number of hydrogen-bond acceptors (Lipinski definition) is 5. The molecule has 3 heterocycles. The molecule has 0 aliphatic carbocycles. The van der Waals surface area contributed by atoms with Gasteiger partial charge in [-0.1, -0.05) is 30.3 Å². The van der Waals surface area contributed by atoms with Crippen LogP contribution in [0.1, 0.15) is 21.9 Å². The Morgan fingerprint density at radius 1 is 1.00 bits per heavy atom. The zero-order chi connectivity index (χ0) is 18.8. The molecule has 6 heteroatoms. The Balaban J connectivity index is 1.45. The van der Waals surface area contributed by atoms with Crippen molar-refractivity contribution >= 4 is 11.7 Å². The van der Waals surface area contributed by atoms with Gasteiger partial charge in [-0.3, -0.25) is 4.79 Å². The molecule has 1 amide bonds. The lowest BCUT2D eigenvalue weighted by Crippen LogP contribution is -2.49. The highest BCUT2D eigenvalue weighted by Crippen LogP contribution is 2.22. The van der Waals surface area contributed by atoms with Crippen LogP contribution >= 0.6 is 0 Å². The lowest BCUT2D eigenvalue weighted by molar-refractivity contribution is 0.0744. The molecular formula is C21H22N4O2. The van der Waals surface area contributed by atoms with E-state index in [-0.39, 0.29) is 5.91 Å². The summed E-state index contributed by atoms with van der Waals surface area (Å²) >= 11 is 0. The number of aryl methyl sites for hydroxylation is 2. The molecule has 138 valence electrons. The van der Waals surface area contributed by atoms with Crippen molar-refractivity contribution in [3.8, 4) is 11.3 Å². The van der Waals surface area contributed by atoms with Crippen molar-refractivity contribution in [2.75, 3.05) is 31.1 Å². The van der Waals surface area contributed by atoms with E-state index >= 15 is 0 Å². The quantitative estimate of drug-likeness (QED) is 0.715. The fourth-order valence-corrected chi connectivity index (χ4v) is 3.44. The highest BCUT2D eigenvalue weighted by molar-refractivity contribution is 5.95. The Hall–Kier alpha value is -3.15. The van der Waals surface area contributed by atoms with Crippen molar-refractivity contribution in [3.05, 3.63) is 65.9 Å². The molecule has 27 heavy (non-hydrogen) atoms. The number of carbonyl (C=O) groups excluding carboxylic acids is 1. The second kappa shape index (κ2) is 7.23. The summed E-state index contributed by atoms with van der Waals surface area (Å²) in [4.78, 5) is 25.6. The topological polar surface area (TPSA) is 62.5 Å². The zero-order valence-electron chi connectivity index (χ0n) is 15.6. The predicted octanol–water partition coefficient (Wildman–Crippen LogP) is 3.32. The van der Waals surface area contributed by atoms with Gasteiger partial charge in [-0.15, -0.1) is 0 Å². The smallest absolute Gasteiger partial charge is 0.257 e. The first-order valence-corrected chi connectivity index (χ1v) is 9.10. The minimum Gasteiger partial charge on any atom is -0.466 e. The van der Waals surface area contributed by atoms with E-state index in [4.69, 9.17) is 4.42 Å². The molecule has 0 spiro atoms. The predicted molar refractivity (Wildman–Crippen MR) is 104 cm³/mol. The van der Waals surface area contributed by atoms with Gasteiger partial charge in [0.2, 0.25) is 0 Å². The molecule has 1 aliphatic rings. The Morgan fingerprint density at radius 2 is 1.74 bits per heavy atom. The summed E-state index contributed by atoms with van der Waals surface area (Å²) in [6.07, 6.45) is 1.60. The number of hydrogen-bond donors (Lipinski definition) is 0. The zero-order valence-corrected chi connectivity index (χ0v) is 15.6. The summed E-state index contributed by atoms with van der Waals surface area (Å²) in [6.45, 7) is 6.50. The fraction of sp³-hybridized carbons (Fsp3) is 0.286. The molecule has 0 radical (unpaired) electrons. The molecule has 0 N–H and O–H groups in total. The molecule has 0 saturated carbocycles.